The van der Waals surface area contributed by atoms with Gasteiger partial charge >= 0.3 is 6.61 Å². The summed E-state index contributed by atoms with van der Waals surface area (Å²) in [5.41, 5.74) is 0.835. The Balaban J connectivity index is 1.45. The number of amides is 3. The van der Waals surface area contributed by atoms with E-state index in [4.69, 9.17) is 0 Å². The zero-order valence-electron chi connectivity index (χ0n) is 14.6. The minimum absolute atomic E-state index is 0.0693. The van der Waals surface area contributed by atoms with Crippen molar-refractivity contribution in [3.8, 4) is 5.75 Å². The zero-order valence-corrected chi connectivity index (χ0v) is 14.6. The Labute approximate surface area is 155 Å². The molecule has 0 unspecified atom stereocenters. The molecule has 1 aromatic carbocycles. The van der Waals surface area contributed by atoms with Crippen molar-refractivity contribution in [1.29, 1.82) is 0 Å². The Kier molecular flexibility index (Phi) is 5.83. The lowest BCUT2D eigenvalue weighted by molar-refractivity contribution is -0.143. The van der Waals surface area contributed by atoms with E-state index >= 15 is 0 Å². The van der Waals surface area contributed by atoms with Crippen LogP contribution in [0.25, 0.3) is 0 Å². The first kappa shape index (κ1) is 19.0. The average molecular weight is 378 g/mol. The van der Waals surface area contributed by atoms with Crippen LogP contribution in [-0.2, 0) is 20.8 Å². The second-order valence-electron chi connectivity index (χ2n) is 6.54. The Morgan fingerprint density at radius 2 is 1.70 bits per heavy atom. The maximum atomic E-state index is 12.3. The van der Waals surface area contributed by atoms with Crippen molar-refractivity contribution in [2.75, 3.05) is 13.1 Å². The van der Waals surface area contributed by atoms with Crippen LogP contribution in [0.5, 0.6) is 5.75 Å². The summed E-state index contributed by atoms with van der Waals surface area (Å²) in [5.74, 6) is -1.58. The molecule has 3 amide bonds. The molecular weight excluding hydrogens is 358 g/mol. The third-order valence-electron chi connectivity index (χ3n) is 4.78. The maximum Gasteiger partial charge on any atom is 0.387 e. The highest BCUT2D eigenvalue weighted by Crippen LogP contribution is 2.34. The highest BCUT2D eigenvalue weighted by atomic mass is 19.3. The fourth-order valence-corrected chi connectivity index (χ4v) is 3.41. The van der Waals surface area contributed by atoms with Crippen LogP contribution in [0, 0.1) is 11.8 Å². The van der Waals surface area contributed by atoms with Crippen molar-refractivity contribution in [3.05, 3.63) is 42.0 Å². The summed E-state index contributed by atoms with van der Waals surface area (Å²) >= 11 is 0. The van der Waals surface area contributed by atoms with Gasteiger partial charge in [-0.3, -0.25) is 19.3 Å². The summed E-state index contributed by atoms with van der Waals surface area (Å²) < 4.78 is 28.5. The molecule has 6 nitrogen and oxygen atoms in total. The van der Waals surface area contributed by atoms with E-state index in [0.717, 1.165) is 10.5 Å². The van der Waals surface area contributed by atoms with Crippen LogP contribution >= 0.6 is 0 Å². The van der Waals surface area contributed by atoms with E-state index < -0.39 is 12.5 Å². The van der Waals surface area contributed by atoms with Crippen molar-refractivity contribution in [3.63, 3.8) is 0 Å². The number of halogens is 2. The first-order valence-corrected chi connectivity index (χ1v) is 8.76. The lowest BCUT2D eigenvalue weighted by atomic mass is 9.85. The summed E-state index contributed by atoms with van der Waals surface area (Å²) in [5, 5.41) is 2.68. The molecule has 2 atom stereocenters. The van der Waals surface area contributed by atoms with Crippen LogP contribution in [0.15, 0.2) is 36.4 Å². The van der Waals surface area contributed by atoms with Crippen LogP contribution in [0.2, 0.25) is 0 Å². The normalized spacial score (nSPS) is 21.5. The number of carbonyl (C=O) groups is 3. The number of allylic oxidation sites excluding steroid dienone is 2. The highest BCUT2D eigenvalue weighted by molar-refractivity contribution is 6.07. The third kappa shape index (κ3) is 4.50. The first-order chi connectivity index (χ1) is 13.0. The monoisotopic (exact) mass is 378 g/mol. The molecule has 0 aromatic heterocycles. The molecule has 1 fully saturated rings. The molecule has 1 aliphatic carbocycles. The topological polar surface area (TPSA) is 75.7 Å². The second kappa shape index (κ2) is 8.28. The smallest absolute Gasteiger partial charge is 0.387 e. The van der Waals surface area contributed by atoms with E-state index in [-0.39, 0.29) is 35.9 Å². The van der Waals surface area contributed by atoms with Gasteiger partial charge in [0.15, 0.2) is 0 Å². The van der Waals surface area contributed by atoms with E-state index in [0.29, 0.717) is 25.8 Å². The summed E-state index contributed by atoms with van der Waals surface area (Å²) in [6, 6.07) is 6.13. The average Bonchev–Trinajstić information content (AvgIpc) is 2.88. The maximum absolute atomic E-state index is 12.3. The van der Waals surface area contributed by atoms with Gasteiger partial charge in [-0.05, 0) is 37.0 Å². The quantitative estimate of drug-likeness (QED) is 0.581. The second-order valence-corrected chi connectivity index (χ2v) is 6.54. The molecular formula is C19H20F2N2O4. The number of hydrogen-bond donors (Lipinski definition) is 1. The van der Waals surface area contributed by atoms with Gasteiger partial charge in [0, 0.05) is 6.54 Å². The van der Waals surface area contributed by atoms with Gasteiger partial charge in [0.05, 0.1) is 11.8 Å². The molecule has 2 aliphatic rings. The molecule has 1 aliphatic heterocycles. The van der Waals surface area contributed by atoms with Gasteiger partial charge in [-0.15, -0.1) is 0 Å². The van der Waals surface area contributed by atoms with E-state index in [1.807, 2.05) is 12.2 Å². The predicted octanol–water partition coefficient (Wildman–Crippen LogP) is 1.90. The number of ether oxygens (including phenoxy) is 1. The van der Waals surface area contributed by atoms with Gasteiger partial charge in [-0.1, -0.05) is 24.3 Å². The minimum atomic E-state index is -2.87. The molecule has 27 heavy (non-hydrogen) atoms. The van der Waals surface area contributed by atoms with Crippen molar-refractivity contribution < 1.29 is 27.9 Å². The predicted molar refractivity (Wildman–Crippen MR) is 91.9 cm³/mol. The number of benzene rings is 1. The summed E-state index contributed by atoms with van der Waals surface area (Å²) in [4.78, 5) is 37.8. The molecule has 1 heterocycles. The number of imide groups is 1. The van der Waals surface area contributed by atoms with Gasteiger partial charge in [0.1, 0.15) is 12.3 Å². The number of hydrogen-bond acceptors (Lipinski definition) is 4. The standard InChI is InChI=1S/C19H20F2N2O4/c20-19(21)27-13-7-5-12(6-8-13)9-10-22-16(24)11-23-17(25)14-3-1-2-4-15(14)18(23)26/h1-2,5-8,14-15,19H,3-4,9-11H2,(H,22,24)/t14-,15-/m0/s1. The number of fused-ring (bicyclic) bond motifs is 1. The Bertz CT molecular complexity index is 723. The lowest BCUT2D eigenvalue weighted by Crippen LogP contribution is -2.41. The number of rotatable bonds is 7. The van der Waals surface area contributed by atoms with Gasteiger partial charge in [0.25, 0.3) is 0 Å². The third-order valence-corrected chi connectivity index (χ3v) is 4.78. The van der Waals surface area contributed by atoms with Crippen molar-refractivity contribution in [1.82, 2.24) is 10.2 Å². The SMILES string of the molecule is O=C(CN1C(=O)[C@H]2CC=CC[C@@H]2C1=O)NCCc1ccc(OC(F)F)cc1. The number of carbonyl (C=O) groups excluding carboxylic acids is 3. The van der Waals surface area contributed by atoms with E-state index in [1.165, 1.54) is 12.1 Å². The molecule has 0 saturated carbocycles. The van der Waals surface area contributed by atoms with E-state index in [1.54, 1.807) is 12.1 Å². The molecule has 0 spiro atoms. The van der Waals surface area contributed by atoms with Crippen LogP contribution < -0.4 is 10.1 Å². The molecule has 1 aromatic rings. The van der Waals surface area contributed by atoms with Gasteiger partial charge in [-0.2, -0.15) is 8.78 Å². The van der Waals surface area contributed by atoms with Crippen molar-refractivity contribution >= 4 is 17.7 Å². The Hall–Kier alpha value is -2.77. The molecule has 0 bridgehead atoms. The molecule has 1 N–H and O–H groups in total. The molecule has 144 valence electrons. The van der Waals surface area contributed by atoms with Gasteiger partial charge < -0.3 is 10.1 Å². The fourth-order valence-electron chi connectivity index (χ4n) is 3.41. The lowest BCUT2D eigenvalue weighted by Gasteiger charge is -2.14. The van der Waals surface area contributed by atoms with Gasteiger partial charge in [-0.25, -0.2) is 0 Å². The van der Waals surface area contributed by atoms with Crippen LogP contribution in [0.4, 0.5) is 8.78 Å². The molecule has 1 saturated heterocycles. The van der Waals surface area contributed by atoms with E-state index in [9.17, 15) is 23.2 Å². The van der Waals surface area contributed by atoms with Crippen molar-refractivity contribution in [2.45, 2.75) is 25.9 Å². The summed E-state index contributed by atoms with van der Waals surface area (Å²) in [6.07, 6.45) is 5.36. The van der Waals surface area contributed by atoms with Crippen molar-refractivity contribution in [2.24, 2.45) is 11.8 Å². The Morgan fingerprint density at radius 1 is 1.11 bits per heavy atom. The van der Waals surface area contributed by atoms with Gasteiger partial charge in [0.2, 0.25) is 17.7 Å². The highest BCUT2D eigenvalue weighted by Gasteiger charge is 2.47. The first-order valence-electron chi connectivity index (χ1n) is 8.76. The fraction of sp³-hybridized carbons (Fsp3) is 0.421. The summed E-state index contributed by atoms with van der Waals surface area (Å²) in [6.45, 7) is -2.84. The van der Waals surface area contributed by atoms with Crippen LogP contribution in [-0.4, -0.2) is 42.3 Å². The molecule has 0 radical (unpaired) electrons. The van der Waals surface area contributed by atoms with E-state index in [2.05, 4.69) is 10.1 Å². The number of likely N-dealkylation sites (tertiary alicyclic amines) is 1. The number of nitrogens with one attached hydrogen (secondary N) is 1. The Morgan fingerprint density at radius 3 is 2.26 bits per heavy atom. The van der Waals surface area contributed by atoms with Crippen LogP contribution in [0.3, 0.4) is 0 Å². The zero-order chi connectivity index (χ0) is 19.4. The number of alkyl halides is 2. The van der Waals surface area contributed by atoms with Crippen LogP contribution in [0.1, 0.15) is 18.4 Å². The molecule has 8 heteroatoms. The minimum Gasteiger partial charge on any atom is -0.435 e. The largest absolute Gasteiger partial charge is 0.435 e. The molecule has 3 rings (SSSR count). The summed E-state index contributed by atoms with van der Waals surface area (Å²) in [7, 11) is 0. The number of nitrogens with zero attached hydrogens (tertiary/aromatic N) is 1.